The molecule has 0 amide bonds. The van der Waals surface area contributed by atoms with Gasteiger partial charge in [-0.3, -0.25) is 9.80 Å². The van der Waals surface area contributed by atoms with Crippen LogP contribution >= 0.6 is 0 Å². The van der Waals surface area contributed by atoms with Gasteiger partial charge in [-0.1, -0.05) is 0 Å². The number of ether oxygens (including phenoxy) is 1. The summed E-state index contributed by atoms with van der Waals surface area (Å²) in [6, 6.07) is 1.50. The third-order valence-electron chi connectivity index (χ3n) is 3.66. The molecule has 0 radical (unpaired) electrons. The molecule has 0 N–H and O–H groups in total. The molecule has 3 heteroatoms. The van der Waals surface area contributed by atoms with Crippen molar-refractivity contribution < 1.29 is 4.74 Å². The molecule has 0 bridgehead atoms. The van der Waals surface area contributed by atoms with Crippen LogP contribution in [0.2, 0.25) is 0 Å². The summed E-state index contributed by atoms with van der Waals surface area (Å²) in [5.74, 6) is 0. The van der Waals surface area contributed by atoms with E-state index in [1.165, 1.54) is 25.9 Å². The Kier molecular flexibility index (Phi) is 4.00. The summed E-state index contributed by atoms with van der Waals surface area (Å²) in [5, 5.41) is 0. The Balaban J connectivity index is 1.81. The van der Waals surface area contributed by atoms with Gasteiger partial charge in [0.15, 0.2) is 0 Å². The van der Waals surface area contributed by atoms with Gasteiger partial charge in [-0.25, -0.2) is 0 Å². The fourth-order valence-electron chi connectivity index (χ4n) is 2.82. The summed E-state index contributed by atoms with van der Waals surface area (Å²) < 4.78 is 5.38. The van der Waals surface area contributed by atoms with E-state index in [-0.39, 0.29) is 0 Å². The van der Waals surface area contributed by atoms with Crippen LogP contribution in [0.4, 0.5) is 0 Å². The summed E-state index contributed by atoms with van der Waals surface area (Å²) in [6.45, 7) is 11.3. The first kappa shape index (κ1) is 11.4. The van der Waals surface area contributed by atoms with Crippen LogP contribution in [0, 0.1) is 0 Å². The van der Waals surface area contributed by atoms with Crippen LogP contribution in [-0.2, 0) is 4.74 Å². The molecule has 0 spiro atoms. The minimum Gasteiger partial charge on any atom is -0.379 e. The number of hydrogen-bond donors (Lipinski definition) is 0. The zero-order chi connectivity index (χ0) is 10.7. The van der Waals surface area contributed by atoms with E-state index < -0.39 is 0 Å². The van der Waals surface area contributed by atoms with Crippen molar-refractivity contribution in [2.75, 3.05) is 39.4 Å². The maximum atomic E-state index is 5.38. The number of rotatable bonds is 3. The first-order valence-corrected chi connectivity index (χ1v) is 6.33. The Morgan fingerprint density at radius 2 is 1.93 bits per heavy atom. The van der Waals surface area contributed by atoms with Crippen molar-refractivity contribution in [1.29, 1.82) is 0 Å². The second-order valence-electron chi connectivity index (χ2n) is 5.04. The van der Waals surface area contributed by atoms with Gasteiger partial charge in [-0.2, -0.15) is 0 Å². The lowest BCUT2D eigenvalue weighted by atomic mass is 10.2. The van der Waals surface area contributed by atoms with E-state index in [4.69, 9.17) is 4.74 Å². The van der Waals surface area contributed by atoms with Gasteiger partial charge in [-0.05, 0) is 33.2 Å². The molecule has 2 fully saturated rings. The third-order valence-corrected chi connectivity index (χ3v) is 3.66. The fraction of sp³-hybridized carbons (Fsp3) is 1.00. The predicted molar refractivity (Wildman–Crippen MR) is 62.1 cm³/mol. The van der Waals surface area contributed by atoms with Gasteiger partial charge in [0, 0.05) is 31.7 Å². The summed E-state index contributed by atoms with van der Waals surface area (Å²) in [6.07, 6.45) is 2.77. The molecule has 2 aliphatic rings. The Bertz CT molecular complexity index is 190. The van der Waals surface area contributed by atoms with Gasteiger partial charge in [0.2, 0.25) is 0 Å². The van der Waals surface area contributed by atoms with Crippen LogP contribution in [0.25, 0.3) is 0 Å². The molecular formula is C12H24N2O. The van der Waals surface area contributed by atoms with E-state index in [0.717, 1.165) is 32.3 Å². The van der Waals surface area contributed by atoms with Crippen molar-refractivity contribution in [3.05, 3.63) is 0 Å². The molecule has 2 saturated heterocycles. The van der Waals surface area contributed by atoms with Gasteiger partial charge in [0.05, 0.1) is 13.2 Å². The van der Waals surface area contributed by atoms with Crippen molar-refractivity contribution in [1.82, 2.24) is 9.80 Å². The quantitative estimate of drug-likeness (QED) is 0.699. The minimum atomic E-state index is 0.707. The van der Waals surface area contributed by atoms with Crippen LogP contribution in [0.15, 0.2) is 0 Å². The maximum Gasteiger partial charge on any atom is 0.0594 e. The van der Waals surface area contributed by atoms with Crippen LogP contribution < -0.4 is 0 Å². The van der Waals surface area contributed by atoms with Crippen molar-refractivity contribution in [2.45, 2.75) is 38.8 Å². The van der Waals surface area contributed by atoms with Gasteiger partial charge >= 0.3 is 0 Å². The average Bonchev–Trinajstić information content (AvgIpc) is 2.67. The molecule has 3 nitrogen and oxygen atoms in total. The second kappa shape index (κ2) is 5.28. The summed E-state index contributed by atoms with van der Waals surface area (Å²) in [4.78, 5) is 5.23. The lowest BCUT2D eigenvalue weighted by molar-refractivity contribution is 0.0243. The normalized spacial score (nSPS) is 30.2. The monoisotopic (exact) mass is 212 g/mol. The van der Waals surface area contributed by atoms with Crippen molar-refractivity contribution in [3.8, 4) is 0 Å². The van der Waals surface area contributed by atoms with Crippen molar-refractivity contribution in [3.63, 3.8) is 0 Å². The van der Waals surface area contributed by atoms with Gasteiger partial charge in [0.1, 0.15) is 0 Å². The predicted octanol–water partition coefficient (Wildman–Crippen LogP) is 1.19. The minimum absolute atomic E-state index is 0.707. The molecule has 2 aliphatic heterocycles. The molecule has 1 atom stereocenters. The van der Waals surface area contributed by atoms with Crippen LogP contribution in [0.1, 0.15) is 26.7 Å². The molecule has 0 aromatic rings. The standard InChI is InChI=1S/C12H24N2O/c1-11(2)14-5-3-4-12(14)10-13-6-8-15-9-7-13/h11-12H,3-10H2,1-2H3/t12-/m0/s1. The lowest BCUT2D eigenvalue weighted by Gasteiger charge is -2.34. The number of nitrogens with zero attached hydrogens (tertiary/aromatic N) is 2. The molecule has 2 rings (SSSR count). The molecule has 15 heavy (non-hydrogen) atoms. The topological polar surface area (TPSA) is 15.7 Å². The lowest BCUT2D eigenvalue weighted by Crippen LogP contribution is -2.46. The Labute approximate surface area is 93.4 Å². The SMILES string of the molecule is CC(C)N1CCC[C@H]1CN1CCOCC1. The molecular weight excluding hydrogens is 188 g/mol. The van der Waals surface area contributed by atoms with E-state index in [0.29, 0.717) is 6.04 Å². The van der Waals surface area contributed by atoms with Crippen molar-refractivity contribution in [2.24, 2.45) is 0 Å². The van der Waals surface area contributed by atoms with E-state index in [2.05, 4.69) is 23.6 Å². The highest BCUT2D eigenvalue weighted by Crippen LogP contribution is 2.21. The van der Waals surface area contributed by atoms with Gasteiger partial charge in [-0.15, -0.1) is 0 Å². The number of likely N-dealkylation sites (tertiary alicyclic amines) is 1. The number of hydrogen-bond acceptors (Lipinski definition) is 3. The largest absolute Gasteiger partial charge is 0.379 e. The number of morpholine rings is 1. The zero-order valence-electron chi connectivity index (χ0n) is 10.1. The van der Waals surface area contributed by atoms with Gasteiger partial charge < -0.3 is 4.74 Å². The van der Waals surface area contributed by atoms with E-state index >= 15 is 0 Å². The fourth-order valence-corrected chi connectivity index (χ4v) is 2.82. The highest BCUT2D eigenvalue weighted by Gasteiger charge is 2.28. The smallest absolute Gasteiger partial charge is 0.0594 e. The second-order valence-corrected chi connectivity index (χ2v) is 5.04. The maximum absolute atomic E-state index is 5.38. The molecule has 0 unspecified atom stereocenters. The highest BCUT2D eigenvalue weighted by atomic mass is 16.5. The molecule has 88 valence electrons. The summed E-state index contributed by atoms with van der Waals surface area (Å²) in [5.41, 5.74) is 0. The highest BCUT2D eigenvalue weighted by molar-refractivity contribution is 4.84. The first-order valence-electron chi connectivity index (χ1n) is 6.33. The molecule has 0 aliphatic carbocycles. The van der Waals surface area contributed by atoms with Crippen LogP contribution in [-0.4, -0.2) is 61.3 Å². The zero-order valence-corrected chi connectivity index (χ0v) is 10.1. The molecule has 2 heterocycles. The summed E-state index contributed by atoms with van der Waals surface area (Å²) in [7, 11) is 0. The Hall–Kier alpha value is -0.120. The van der Waals surface area contributed by atoms with Crippen LogP contribution in [0.3, 0.4) is 0 Å². The molecule has 0 saturated carbocycles. The van der Waals surface area contributed by atoms with Crippen LogP contribution in [0.5, 0.6) is 0 Å². The van der Waals surface area contributed by atoms with Gasteiger partial charge in [0.25, 0.3) is 0 Å². The van der Waals surface area contributed by atoms with E-state index in [1.54, 1.807) is 0 Å². The average molecular weight is 212 g/mol. The third kappa shape index (κ3) is 2.92. The molecule has 0 aromatic heterocycles. The Morgan fingerprint density at radius 3 is 2.60 bits per heavy atom. The Morgan fingerprint density at radius 1 is 1.20 bits per heavy atom. The first-order chi connectivity index (χ1) is 7.27. The summed E-state index contributed by atoms with van der Waals surface area (Å²) >= 11 is 0. The van der Waals surface area contributed by atoms with E-state index in [1.807, 2.05) is 0 Å². The molecule has 0 aromatic carbocycles. The van der Waals surface area contributed by atoms with Crippen molar-refractivity contribution >= 4 is 0 Å². The van der Waals surface area contributed by atoms with E-state index in [9.17, 15) is 0 Å².